The lowest BCUT2D eigenvalue weighted by molar-refractivity contribution is 0.0702. The highest BCUT2D eigenvalue weighted by atomic mass is 32.2. The maximum absolute atomic E-state index is 12.7. The minimum absolute atomic E-state index is 0.0479. The summed E-state index contributed by atoms with van der Waals surface area (Å²) in [5.74, 6) is -0.00402. The minimum atomic E-state index is -3.02. The predicted molar refractivity (Wildman–Crippen MR) is 87.8 cm³/mol. The third-order valence-electron chi connectivity index (χ3n) is 4.13. The first-order chi connectivity index (χ1) is 11.0. The molecule has 3 rings (SSSR count). The quantitative estimate of drug-likeness (QED) is 0.923. The van der Waals surface area contributed by atoms with Crippen molar-refractivity contribution in [3.05, 3.63) is 42.1 Å². The van der Waals surface area contributed by atoms with E-state index in [-0.39, 0.29) is 23.5 Å². The molecule has 122 valence electrons. The Bertz CT molecular complexity index is 799. The zero-order valence-corrected chi connectivity index (χ0v) is 13.7. The Labute approximate surface area is 135 Å². The second-order valence-corrected chi connectivity index (χ2v) is 7.91. The molecule has 1 aliphatic rings. The van der Waals surface area contributed by atoms with Crippen LogP contribution < -0.4 is 0 Å². The zero-order valence-electron chi connectivity index (χ0n) is 12.9. The summed E-state index contributed by atoms with van der Waals surface area (Å²) in [5, 5.41) is 6.96. The maximum atomic E-state index is 12.7. The van der Waals surface area contributed by atoms with Gasteiger partial charge in [-0.15, -0.1) is 0 Å². The molecule has 2 aromatic rings. The van der Waals surface area contributed by atoms with E-state index in [9.17, 15) is 13.2 Å². The fraction of sp³-hybridized carbons (Fsp3) is 0.375. The summed E-state index contributed by atoms with van der Waals surface area (Å²) in [6.07, 6.45) is 0.502. The van der Waals surface area contributed by atoms with Gasteiger partial charge in [0.25, 0.3) is 5.91 Å². The van der Waals surface area contributed by atoms with E-state index in [0.717, 1.165) is 5.56 Å². The molecule has 1 fully saturated rings. The van der Waals surface area contributed by atoms with E-state index in [1.807, 2.05) is 37.3 Å². The molecule has 1 aliphatic heterocycles. The van der Waals surface area contributed by atoms with Gasteiger partial charge in [-0.25, -0.2) is 8.42 Å². The van der Waals surface area contributed by atoms with Crippen LogP contribution in [0, 0.1) is 0 Å². The van der Waals surface area contributed by atoms with Crippen molar-refractivity contribution in [2.24, 2.45) is 0 Å². The summed E-state index contributed by atoms with van der Waals surface area (Å²) >= 11 is 0. The van der Waals surface area contributed by atoms with Crippen molar-refractivity contribution in [1.82, 2.24) is 15.1 Å². The van der Waals surface area contributed by atoms with E-state index < -0.39 is 9.84 Å². The summed E-state index contributed by atoms with van der Waals surface area (Å²) in [4.78, 5) is 14.3. The maximum Gasteiger partial charge on any atom is 0.272 e. The van der Waals surface area contributed by atoms with Crippen LogP contribution in [0.3, 0.4) is 0 Å². The third-order valence-corrected chi connectivity index (χ3v) is 5.88. The first-order valence-electron chi connectivity index (χ1n) is 7.62. The fourth-order valence-electron chi connectivity index (χ4n) is 2.93. The Morgan fingerprint density at radius 2 is 2.09 bits per heavy atom. The number of carbonyl (C=O) groups is 1. The SMILES string of the molecule is CCN(C(=O)c1cc(-c2ccccc2)n[nH]1)[C@H]1CCS(=O)(=O)C1. The van der Waals surface area contributed by atoms with Crippen LogP contribution in [0.4, 0.5) is 0 Å². The lowest BCUT2D eigenvalue weighted by Crippen LogP contribution is -2.41. The van der Waals surface area contributed by atoms with E-state index in [1.165, 1.54) is 0 Å². The lowest BCUT2D eigenvalue weighted by Gasteiger charge is -2.26. The van der Waals surface area contributed by atoms with Gasteiger partial charge in [0.15, 0.2) is 9.84 Å². The number of rotatable bonds is 4. The number of carbonyl (C=O) groups excluding carboxylic acids is 1. The Hall–Kier alpha value is -2.15. The monoisotopic (exact) mass is 333 g/mol. The van der Waals surface area contributed by atoms with Crippen molar-refractivity contribution in [1.29, 1.82) is 0 Å². The summed E-state index contributed by atoms with van der Waals surface area (Å²) in [6.45, 7) is 2.33. The molecule has 0 unspecified atom stereocenters. The number of nitrogens with one attached hydrogen (secondary N) is 1. The van der Waals surface area contributed by atoms with Crippen LogP contribution in [0.5, 0.6) is 0 Å². The van der Waals surface area contributed by atoms with Gasteiger partial charge in [0.05, 0.1) is 17.2 Å². The molecule has 1 amide bonds. The lowest BCUT2D eigenvalue weighted by atomic mass is 10.1. The standard InChI is InChI=1S/C16H19N3O3S/c1-2-19(13-8-9-23(21,22)11-13)16(20)15-10-14(17-18-15)12-6-4-3-5-7-12/h3-7,10,13H,2,8-9,11H2,1H3,(H,17,18)/t13-/m0/s1. The number of aromatic nitrogens is 2. The van der Waals surface area contributed by atoms with Gasteiger partial charge in [0, 0.05) is 18.2 Å². The number of nitrogens with zero attached hydrogens (tertiary/aromatic N) is 2. The molecule has 23 heavy (non-hydrogen) atoms. The molecule has 1 aromatic heterocycles. The third kappa shape index (κ3) is 3.29. The Kier molecular flexibility index (Phi) is 4.21. The van der Waals surface area contributed by atoms with Crippen LogP contribution in [-0.2, 0) is 9.84 Å². The number of aromatic amines is 1. The van der Waals surface area contributed by atoms with Gasteiger partial charge in [0.1, 0.15) is 5.69 Å². The Morgan fingerprint density at radius 1 is 1.35 bits per heavy atom. The highest BCUT2D eigenvalue weighted by Gasteiger charge is 2.34. The number of sulfone groups is 1. The summed E-state index contributed by atoms with van der Waals surface area (Å²) in [5.41, 5.74) is 2.01. The molecule has 0 aliphatic carbocycles. The van der Waals surface area contributed by atoms with Crippen molar-refractivity contribution in [3.8, 4) is 11.3 Å². The second kappa shape index (κ2) is 6.16. The Morgan fingerprint density at radius 3 is 2.70 bits per heavy atom. The molecular formula is C16H19N3O3S. The molecular weight excluding hydrogens is 314 g/mol. The fourth-order valence-corrected chi connectivity index (χ4v) is 4.66. The molecule has 0 radical (unpaired) electrons. The Balaban J connectivity index is 1.81. The molecule has 7 heteroatoms. The number of H-pyrrole nitrogens is 1. The normalized spacial score (nSPS) is 19.6. The average Bonchev–Trinajstić information content (AvgIpc) is 3.16. The minimum Gasteiger partial charge on any atom is -0.334 e. The molecule has 2 heterocycles. The predicted octanol–water partition coefficient (Wildman–Crippen LogP) is 1.73. The van der Waals surface area contributed by atoms with Crippen LogP contribution in [0.1, 0.15) is 23.8 Å². The second-order valence-electron chi connectivity index (χ2n) is 5.68. The van der Waals surface area contributed by atoms with Gasteiger partial charge >= 0.3 is 0 Å². The van der Waals surface area contributed by atoms with E-state index in [2.05, 4.69) is 10.2 Å². The molecule has 0 saturated carbocycles. The van der Waals surface area contributed by atoms with Gasteiger partial charge in [-0.1, -0.05) is 30.3 Å². The van der Waals surface area contributed by atoms with Gasteiger partial charge in [-0.05, 0) is 19.4 Å². The van der Waals surface area contributed by atoms with Crippen molar-refractivity contribution in [2.45, 2.75) is 19.4 Å². The van der Waals surface area contributed by atoms with Crippen LogP contribution in [0.2, 0.25) is 0 Å². The van der Waals surface area contributed by atoms with Crippen molar-refractivity contribution < 1.29 is 13.2 Å². The molecule has 0 bridgehead atoms. The smallest absolute Gasteiger partial charge is 0.272 e. The van der Waals surface area contributed by atoms with Crippen LogP contribution >= 0.6 is 0 Å². The van der Waals surface area contributed by atoms with Crippen molar-refractivity contribution in [3.63, 3.8) is 0 Å². The molecule has 0 spiro atoms. The van der Waals surface area contributed by atoms with Gasteiger partial charge < -0.3 is 4.90 Å². The largest absolute Gasteiger partial charge is 0.334 e. The molecule has 1 atom stereocenters. The van der Waals surface area contributed by atoms with E-state index in [0.29, 0.717) is 24.4 Å². The van der Waals surface area contributed by atoms with Crippen molar-refractivity contribution in [2.75, 3.05) is 18.1 Å². The van der Waals surface area contributed by atoms with Gasteiger partial charge in [-0.3, -0.25) is 9.89 Å². The summed E-state index contributed by atoms with van der Waals surface area (Å²) in [6, 6.07) is 11.0. The van der Waals surface area contributed by atoms with Crippen LogP contribution in [-0.4, -0.2) is 53.5 Å². The molecule has 1 saturated heterocycles. The highest BCUT2D eigenvalue weighted by Crippen LogP contribution is 2.21. The number of hydrogen-bond donors (Lipinski definition) is 1. The first-order valence-corrected chi connectivity index (χ1v) is 9.44. The highest BCUT2D eigenvalue weighted by molar-refractivity contribution is 7.91. The van der Waals surface area contributed by atoms with E-state index in [4.69, 9.17) is 0 Å². The molecule has 1 aromatic carbocycles. The molecule has 6 nitrogen and oxygen atoms in total. The summed E-state index contributed by atoms with van der Waals surface area (Å²) < 4.78 is 23.3. The van der Waals surface area contributed by atoms with Gasteiger partial charge in [0.2, 0.25) is 0 Å². The van der Waals surface area contributed by atoms with E-state index >= 15 is 0 Å². The van der Waals surface area contributed by atoms with Crippen molar-refractivity contribution >= 4 is 15.7 Å². The number of hydrogen-bond acceptors (Lipinski definition) is 4. The van der Waals surface area contributed by atoms with Gasteiger partial charge in [-0.2, -0.15) is 5.10 Å². The van der Waals surface area contributed by atoms with Crippen LogP contribution in [0.25, 0.3) is 11.3 Å². The zero-order chi connectivity index (χ0) is 16.4. The average molecular weight is 333 g/mol. The number of amides is 1. The first kappa shape index (κ1) is 15.7. The summed E-state index contributed by atoms with van der Waals surface area (Å²) in [7, 11) is -3.02. The number of benzene rings is 1. The van der Waals surface area contributed by atoms with Crippen LogP contribution in [0.15, 0.2) is 36.4 Å². The topological polar surface area (TPSA) is 83.1 Å². The van der Waals surface area contributed by atoms with E-state index in [1.54, 1.807) is 11.0 Å². The molecule has 1 N–H and O–H groups in total.